The number of amides is 2. The lowest BCUT2D eigenvalue weighted by molar-refractivity contribution is -0.120. The van der Waals surface area contributed by atoms with Gasteiger partial charge in [-0.05, 0) is 50.2 Å². The van der Waals surface area contributed by atoms with Crippen LogP contribution in [0, 0.1) is 5.92 Å². The minimum Gasteiger partial charge on any atom is -0.369 e. The zero-order valence-electron chi connectivity index (χ0n) is 19.6. The monoisotopic (exact) mass is 488 g/mol. The van der Waals surface area contributed by atoms with Crippen molar-refractivity contribution in [1.82, 2.24) is 13.8 Å². The number of hydrogen-bond donors (Lipinski definition) is 2. The smallest absolute Gasteiger partial charge is 0.265 e. The fourth-order valence-corrected chi connectivity index (χ4v) is 6.03. The van der Waals surface area contributed by atoms with Crippen LogP contribution in [0.4, 0.5) is 11.4 Å². The number of hydrogen-bond acceptors (Lipinski definition) is 6. The number of anilines is 2. The molecule has 34 heavy (non-hydrogen) atoms. The van der Waals surface area contributed by atoms with Gasteiger partial charge in [-0.25, -0.2) is 8.42 Å². The predicted octanol–water partition coefficient (Wildman–Crippen LogP) is 0.915. The average Bonchev–Trinajstić information content (AvgIpc) is 3.23. The van der Waals surface area contributed by atoms with Crippen molar-refractivity contribution in [1.29, 1.82) is 0 Å². The number of piperazine rings is 1. The summed E-state index contributed by atoms with van der Waals surface area (Å²) in [6.45, 7) is 4.51. The Morgan fingerprint density at radius 1 is 0.971 bits per heavy atom. The number of nitrogens with zero attached hydrogens (tertiary/aromatic N) is 4. The summed E-state index contributed by atoms with van der Waals surface area (Å²) in [5.41, 5.74) is 7.31. The molecular formula is C23H32N6O4S. The maximum atomic E-state index is 13.0. The number of rotatable bonds is 6. The first-order valence-electron chi connectivity index (χ1n) is 11.5. The van der Waals surface area contributed by atoms with E-state index in [2.05, 4.69) is 22.2 Å². The lowest BCUT2D eigenvalue weighted by Gasteiger charge is -2.34. The molecule has 2 amide bonds. The lowest BCUT2D eigenvalue weighted by Crippen LogP contribution is -2.44. The van der Waals surface area contributed by atoms with Gasteiger partial charge in [-0.2, -0.15) is 4.31 Å². The number of nitrogens with two attached hydrogens (primary N) is 1. The number of nitrogens with one attached hydrogen (secondary N) is 1. The SMILES string of the molecule is CN1CCN(c2ccc(NC(=O)C3CCN(S(=O)(=O)c4cc(C(N)=O)n(C)c4)CC3)cc2)CC1. The first-order chi connectivity index (χ1) is 16.1. The highest BCUT2D eigenvalue weighted by atomic mass is 32.2. The van der Waals surface area contributed by atoms with Gasteiger partial charge >= 0.3 is 0 Å². The van der Waals surface area contributed by atoms with Gasteiger partial charge in [0.1, 0.15) is 10.6 Å². The molecule has 4 rings (SSSR count). The summed E-state index contributed by atoms with van der Waals surface area (Å²) in [6.07, 6.45) is 2.25. The largest absolute Gasteiger partial charge is 0.369 e. The van der Waals surface area contributed by atoms with Crippen molar-refractivity contribution in [2.75, 3.05) is 56.5 Å². The van der Waals surface area contributed by atoms with E-state index in [0.29, 0.717) is 12.8 Å². The second kappa shape index (κ2) is 9.77. The van der Waals surface area contributed by atoms with Crippen LogP contribution in [0.3, 0.4) is 0 Å². The molecule has 0 aliphatic carbocycles. The molecule has 0 unspecified atom stereocenters. The minimum atomic E-state index is -3.76. The van der Waals surface area contributed by atoms with Crippen LogP contribution in [0.2, 0.25) is 0 Å². The van der Waals surface area contributed by atoms with Gasteiger partial charge in [0.25, 0.3) is 5.91 Å². The van der Waals surface area contributed by atoms with Gasteiger partial charge in [-0.15, -0.1) is 0 Å². The zero-order chi connectivity index (χ0) is 24.5. The van der Waals surface area contributed by atoms with Gasteiger partial charge in [-0.1, -0.05) is 0 Å². The first kappa shape index (κ1) is 24.2. The number of carbonyl (C=O) groups is 2. The maximum absolute atomic E-state index is 13.0. The molecule has 0 bridgehead atoms. The fourth-order valence-electron chi connectivity index (χ4n) is 4.49. The van der Waals surface area contributed by atoms with Crippen molar-refractivity contribution in [3.05, 3.63) is 42.2 Å². The molecule has 2 fully saturated rings. The van der Waals surface area contributed by atoms with Crippen molar-refractivity contribution in [3.8, 4) is 0 Å². The number of aromatic nitrogens is 1. The first-order valence-corrected chi connectivity index (χ1v) is 12.9. The topological polar surface area (TPSA) is 121 Å². The predicted molar refractivity (Wildman–Crippen MR) is 130 cm³/mol. The molecule has 2 aliphatic heterocycles. The van der Waals surface area contributed by atoms with E-state index in [-0.39, 0.29) is 35.5 Å². The summed E-state index contributed by atoms with van der Waals surface area (Å²) < 4.78 is 28.7. The summed E-state index contributed by atoms with van der Waals surface area (Å²) in [6, 6.07) is 9.17. The van der Waals surface area contributed by atoms with Crippen LogP contribution in [0.1, 0.15) is 23.3 Å². The molecule has 2 saturated heterocycles. The van der Waals surface area contributed by atoms with Crippen molar-refractivity contribution in [2.45, 2.75) is 17.7 Å². The van der Waals surface area contributed by atoms with E-state index in [9.17, 15) is 18.0 Å². The van der Waals surface area contributed by atoms with Crippen molar-refractivity contribution in [2.24, 2.45) is 18.7 Å². The Morgan fingerprint density at radius 2 is 1.59 bits per heavy atom. The molecule has 184 valence electrons. The van der Waals surface area contributed by atoms with E-state index in [1.54, 1.807) is 7.05 Å². The minimum absolute atomic E-state index is 0.0344. The van der Waals surface area contributed by atoms with Crippen LogP contribution in [-0.4, -0.2) is 80.3 Å². The van der Waals surface area contributed by atoms with Crippen LogP contribution < -0.4 is 16.0 Å². The second-order valence-electron chi connectivity index (χ2n) is 9.04. The molecule has 0 spiro atoms. The van der Waals surface area contributed by atoms with E-state index in [1.807, 2.05) is 24.3 Å². The summed E-state index contributed by atoms with van der Waals surface area (Å²) in [4.78, 5) is 28.9. The standard InChI is InChI=1S/C23H32N6O4S/c1-26-11-13-28(14-12-26)19-5-3-18(4-6-19)25-23(31)17-7-9-29(10-8-17)34(32,33)20-15-21(22(24)30)27(2)16-20/h3-6,15-17H,7-14H2,1-2H3,(H2,24,30)(H,25,31). The molecule has 1 aromatic heterocycles. The van der Waals surface area contributed by atoms with Gasteiger partial charge in [0, 0.05) is 69.8 Å². The maximum Gasteiger partial charge on any atom is 0.265 e. The van der Waals surface area contributed by atoms with Crippen LogP contribution in [0.5, 0.6) is 0 Å². The number of primary amides is 1. The third-order valence-electron chi connectivity index (χ3n) is 6.70. The van der Waals surface area contributed by atoms with E-state index in [4.69, 9.17) is 5.73 Å². The van der Waals surface area contributed by atoms with Crippen LogP contribution in [0.25, 0.3) is 0 Å². The number of carbonyl (C=O) groups excluding carboxylic acids is 2. The van der Waals surface area contributed by atoms with Crippen molar-refractivity contribution < 1.29 is 18.0 Å². The molecule has 0 saturated carbocycles. The lowest BCUT2D eigenvalue weighted by atomic mass is 9.97. The second-order valence-corrected chi connectivity index (χ2v) is 11.0. The highest BCUT2D eigenvalue weighted by Crippen LogP contribution is 2.26. The molecule has 3 heterocycles. The van der Waals surface area contributed by atoms with Gasteiger partial charge in [0.15, 0.2) is 0 Å². The molecule has 1 aromatic carbocycles. The van der Waals surface area contributed by atoms with Crippen molar-refractivity contribution >= 4 is 33.2 Å². The van der Waals surface area contributed by atoms with Crippen molar-refractivity contribution in [3.63, 3.8) is 0 Å². The third-order valence-corrected chi connectivity index (χ3v) is 8.56. The highest BCUT2D eigenvalue weighted by Gasteiger charge is 2.33. The molecule has 2 aliphatic rings. The zero-order valence-corrected chi connectivity index (χ0v) is 20.4. The molecule has 11 heteroatoms. The molecule has 10 nitrogen and oxygen atoms in total. The quantitative estimate of drug-likeness (QED) is 0.624. The third kappa shape index (κ3) is 5.11. The summed E-state index contributed by atoms with van der Waals surface area (Å²) in [5.74, 6) is -1.04. The van der Waals surface area contributed by atoms with Gasteiger partial charge < -0.3 is 25.4 Å². The Hall–Kier alpha value is -2.89. The Labute approximate surface area is 200 Å². The Balaban J connectivity index is 1.32. The Bertz CT molecular complexity index is 1140. The summed E-state index contributed by atoms with van der Waals surface area (Å²) >= 11 is 0. The number of piperidine rings is 1. The van der Waals surface area contributed by atoms with E-state index >= 15 is 0 Å². The van der Waals surface area contributed by atoms with Gasteiger partial charge in [-0.3, -0.25) is 9.59 Å². The van der Waals surface area contributed by atoms with Gasteiger partial charge in [0.05, 0.1) is 0 Å². The molecule has 0 radical (unpaired) electrons. The van der Waals surface area contributed by atoms with E-state index in [1.165, 1.54) is 21.1 Å². The Kier molecular flexibility index (Phi) is 6.96. The molecule has 2 aromatic rings. The van der Waals surface area contributed by atoms with E-state index in [0.717, 1.165) is 37.6 Å². The number of aryl methyl sites for hydroxylation is 1. The number of likely N-dealkylation sites (N-methyl/N-ethyl adjacent to an activating group) is 1. The average molecular weight is 489 g/mol. The number of benzene rings is 1. The summed E-state index contributed by atoms with van der Waals surface area (Å²) in [5, 5.41) is 2.97. The van der Waals surface area contributed by atoms with Crippen LogP contribution in [-0.2, 0) is 21.9 Å². The highest BCUT2D eigenvalue weighted by molar-refractivity contribution is 7.89. The van der Waals surface area contributed by atoms with Gasteiger partial charge in [0.2, 0.25) is 15.9 Å². The number of sulfonamides is 1. The van der Waals surface area contributed by atoms with Crippen LogP contribution >= 0.6 is 0 Å². The molecule has 3 N–H and O–H groups in total. The fraction of sp³-hybridized carbons (Fsp3) is 0.478. The molecule has 0 atom stereocenters. The summed E-state index contributed by atoms with van der Waals surface area (Å²) in [7, 11) is -0.0598. The normalized spacial score (nSPS) is 18.7. The molecular weight excluding hydrogens is 456 g/mol. The van der Waals surface area contributed by atoms with Crippen LogP contribution in [0.15, 0.2) is 41.4 Å². The Morgan fingerprint density at radius 3 is 2.15 bits per heavy atom. The van der Waals surface area contributed by atoms with E-state index < -0.39 is 15.9 Å².